The predicted molar refractivity (Wildman–Crippen MR) is 111 cm³/mol. The molecule has 0 aliphatic carbocycles. The van der Waals surface area contributed by atoms with Gasteiger partial charge in [0.15, 0.2) is 5.69 Å². The molecular formula is C22H18N2O4S. The van der Waals surface area contributed by atoms with Gasteiger partial charge in [-0.25, -0.2) is 9.48 Å². The van der Waals surface area contributed by atoms with Crippen LogP contribution in [0.3, 0.4) is 0 Å². The van der Waals surface area contributed by atoms with E-state index in [1.807, 2.05) is 42.5 Å². The molecule has 0 fully saturated rings. The third kappa shape index (κ3) is 3.52. The number of nitrogens with zero attached hydrogens (tertiary/aromatic N) is 2. The highest BCUT2D eigenvalue weighted by atomic mass is 32.1. The molecule has 2 aromatic carbocycles. The fourth-order valence-corrected chi connectivity index (χ4v) is 4.09. The lowest BCUT2D eigenvalue weighted by Gasteiger charge is -2.04. The van der Waals surface area contributed by atoms with Gasteiger partial charge in [0, 0.05) is 10.9 Å². The predicted octanol–water partition coefficient (Wildman–Crippen LogP) is 4.50. The molecule has 0 bridgehead atoms. The number of carbonyl (C=O) groups is 2. The van der Waals surface area contributed by atoms with Crippen LogP contribution in [0.2, 0.25) is 0 Å². The van der Waals surface area contributed by atoms with Gasteiger partial charge in [-0.05, 0) is 37.3 Å². The number of thiophene rings is 1. The highest BCUT2D eigenvalue weighted by Gasteiger charge is 2.24. The van der Waals surface area contributed by atoms with Crippen LogP contribution >= 0.6 is 11.3 Å². The van der Waals surface area contributed by atoms with Crippen LogP contribution < -0.4 is 4.74 Å². The van der Waals surface area contributed by atoms with Crippen LogP contribution in [-0.4, -0.2) is 35.2 Å². The minimum absolute atomic E-state index is 0.0945. The average molecular weight is 406 g/mol. The molecule has 0 radical (unpaired) electrons. The molecule has 0 saturated heterocycles. The number of hydrogen-bond donors (Lipinski definition) is 0. The number of rotatable bonds is 6. The van der Waals surface area contributed by atoms with Crippen molar-refractivity contribution in [2.45, 2.75) is 6.92 Å². The summed E-state index contributed by atoms with van der Waals surface area (Å²) < 4.78 is 12.0. The van der Waals surface area contributed by atoms with Crippen LogP contribution in [0, 0.1) is 0 Å². The molecular weight excluding hydrogens is 388 g/mol. The molecule has 6 nitrogen and oxygen atoms in total. The molecule has 0 aliphatic rings. The van der Waals surface area contributed by atoms with Gasteiger partial charge >= 0.3 is 5.97 Å². The van der Waals surface area contributed by atoms with E-state index in [4.69, 9.17) is 9.47 Å². The van der Waals surface area contributed by atoms with Crippen molar-refractivity contribution in [2.75, 3.05) is 13.7 Å². The van der Waals surface area contributed by atoms with Gasteiger partial charge in [-0.2, -0.15) is 5.10 Å². The number of esters is 1. The van der Waals surface area contributed by atoms with E-state index < -0.39 is 5.97 Å². The van der Waals surface area contributed by atoms with Crippen LogP contribution in [0.25, 0.3) is 15.9 Å². The summed E-state index contributed by atoms with van der Waals surface area (Å²) in [4.78, 5) is 26.6. The van der Waals surface area contributed by atoms with Gasteiger partial charge in [-0.15, -0.1) is 11.3 Å². The molecule has 4 rings (SSSR count). The van der Waals surface area contributed by atoms with Crippen LogP contribution in [0.5, 0.6) is 5.75 Å². The first-order chi connectivity index (χ1) is 14.1. The first kappa shape index (κ1) is 18.9. The fraction of sp³-hybridized carbons (Fsp3) is 0.136. The summed E-state index contributed by atoms with van der Waals surface area (Å²) >= 11 is 1.30. The molecule has 2 heterocycles. The molecule has 0 aliphatic heterocycles. The number of fused-ring (bicyclic) bond motifs is 1. The molecule has 0 spiro atoms. The zero-order valence-electron chi connectivity index (χ0n) is 15.9. The summed E-state index contributed by atoms with van der Waals surface area (Å²) in [5, 5.41) is 5.07. The number of carbonyl (C=O) groups excluding carboxylic acids is 2. The Balaban J connectivity index is 1.85. The van der Waals surface area contributed by atoms with E-state index in [0.717, 1.165) is 5.69 Å². The minimum Gasteiger partial charge on any atom is -0.497 e. The fourth-order valence-electron chi connectivity index (χ4n) is 3.00. The minimum atomic E-state index is -0.513. The second-order valence-electron chi connectivity index (χ2n) is 6.20. The standard InChI is InChI=1S/C22H18N2O4S/c1-3-28-22(26)19-17-13-18(20(25)14-7-5-4-6-8-14)29-21(17)24(23-19)15-9-11-16(27-2)12-10-15/h4-13H,3H2,1-2H3. The Labute approximate surface area is 171 Å². The maximum Gasteiger partial charge on any atom is 0.359 e. The Morgan fingerprint density at radius 2 is 1.79 bits per heavy atom. The molecule has 0 atom stereocenters. The molecule has 2 aromatic heterocycles. The monoisotopic (exact) mass is 406 g/mol. The summed E-state index contributed by atoms with van der Waals surface area (Å²) in [6.07, 6.45) is 0. The Bertz CT molecular complexity index is 1180. The van der Waals surface area contributed by atoms with E-state index in [-0.39, 0.29) is 18.1 Å². The van der Waals surface area contributed by atoms with Gasteiger partial charge in [0.1, 0.15) is 10.6 Å². The lowest BCUT2D eigenvalue weighted by Crippen LogP contribution is -2.07. The topological polar surface area (TPSA) is 70.4 Å². The van der Waals surface area contributed by atoms with Crippen molar-refractivity contribution in [3.8, 4) is 11.4 Å². The van der Waals surface area contributed by atoms with Crippen LogP contribution in [-0.2, 0) is 4.74 Å². The van der Waals surface area contributed by atoms with Crippen molar-refractivity contribution in [3.05, 3.63) is 76.8 Å². The number of ketones is 1. The summed E-state index contributed by atoms with van der Waals surface area (Å²) in [6.45, 7) is 1.99. The Kier molecular flexibility index (Phi) is 5.14. The molecule has 29 heavy (non-hydrogen) atoms. The largest absolute Gasteiger partial charge is 0.497 e. The average Bonchev–Trinajstić information content (AvgIpc) is 3.34. The van der Waals surface area contributed by atoms with E-state index in [1.54, 1.807) is 36.9 Å². The van der Waals surface area contributed by atoms with Crippen molar-refractivity contribution in [3.63, 3.8) is 0 Å². The molecule has 0 N–H and O–H groups in total. The van der Waals surface area contributed by atoms with Crippen molar-refractivity contribution >= 4 is 33.3 Å². The van der Waals surface area contributed by atoms with Gasteiger partial charge in [0.2, 0.25) is 5.78 Å². The van der Waals surface area contributed by atoms with E-state index in [0.29, 0.717) is 26.4 Å². The second-order valence-corrected chi connectivity index (χ2v) is 7.23. The van der Waals surface area contributed by atoms with Crippen molar-refractivity contribution < 1.29 is 19.1 Å². The molecule has 0 amide bonds. The summed E-state index contributed by atoms with van der Waals surface area (Å²) in [5.41, 5.74) is 1.55. The first-order valence-electron chi connectivity index (χ1n) is 9.06. The SMILES string of the molecule is CCOC(=O)c1nn(-c2ccc(OC)cc2)c2sc(C(=O)c3ccccc3)cc12. The Hall–Kier alpha value is -3.45. The zero-order valence-corrected chi connectivity index (χ0v) is 16.7. The third-order valence-corrected chi connectivity index (χ3v) is 5.51. The first-order valence-corrected chi connectivity index (χ1v) is 9.88. The van der Waals surface area contributed by atoms with Gasteiger partial charge in [0.25, 0.3) is 0 Å². The lowest BCUT2D eigenvalue weighted by molar-refractivity contribution is 0.0521. The maximum absolute atomic E-state index is 12.9. The second kappa shape index (κ2) is 7.89. The number of hydrogen-bond acceptors (Lipinski definition) is 6. The Morgan fingerprint density at radius 1 is 1.07 bits per heavy atom. The quantitative estimate of drug-likeness (QED) is 0.348. The van der Waals surface area contributed by atoms with Crippen LogP contribution in [0.1, 0.15) is 32.6 Å². The smallest absolute Gasteiger partial charge is 0.359 e. The highest BCUT2D eigenvalue weighted by Crippen LogP contribution is 2.32. The van der Waals surface area contributed by atoms with Gasteiger partial charge in [-0.1, -0.05) is 30.3 Å². The van der Waals surface area contributed by atoms with Gasteiger partial charge < -0.3 is 9.47 Å². The maximum atomic E-state index is 12.9. The lowest BCUT2D eigenvalue weighted by atomic mass is 10.1. The summed E-state index contributed by atoms with van der Waals surface area (Å²) in [5.74, 6) is 0.109. The van der Waals surface area contributed by atoms with Gasteiger partial charge in [0.05, 0.1) is 24.3 Å². The third-order valence-electron chi connectivity index (χ3n) is 4.41. The van der Waals surface area contributed by atoms with Crippen molar-refractivity contribution in [1.82, 2.24) is 9.78 Å². The van der Waals surface area contributed by atoms with Crippen molar-refractivity contribution in [2.24, 2.45) is 0 Å². The normalized spacial score (nSPS) is 10.8. The van der Waals surface area contributed by atoms with E-state index >= 15 is 0 Å². The molecule has 0 unspecified atom stereocenters. The molecule has 0 saturated carbocycles. The molecule has 146 valence electrons. The summed E-state index contributed by atoms with van der Waals surface area (Å²) in [6, 6.07) is 18.1. The summed E-state index contributed by atoms with van der Waals surface area (Å²) in [7, 11) is 1.60. The number of aromatic nitrogens is 2. The zero-order chi connectivity index (χ0) is 20.4. The van der Waals surface area contributed by atoms with E-state index in [9.17, 15) is 9.59 Å². The van der Waals surface area contributed by atoms with E-state index in [1.165, 1.54) is 11.3 Å². The molecule has 4 aromatic rings. The van der Waals surface area contributed by atoms with Gasteiger partial charge in [-0.3, -0.25) is 4.79 Å². The van der Waals surface area contributed by atoms with Crippen LogP contribution in [0.4, 0.5) is 0 Å². The van der Waals surface area contributed by atoms with E-state index in [2.05, 4.69) is 5.10 Å². The van der Waals surface area contributed by atoms with Crippen LogP contribution in [0.15, 0.2) is 60.7 Å². The Morgan fingerprint density at radius 3 is 2.45 bits per heavy atom. The van der Waals surface area contributed by atoms with Crippen molar-refractivity contribution in [1.29, 1.82) is 0 Å². The number of methoxy groups -OCH3 is 1. The number of ether oxygens (including phenoxy) is 2. The number of benzene rings is 2. The highest BCUT2D eigenvalue weighted by molar-refractivity contribution is 7.20. The molecule has 7 heteroatoms.